The van der Waals surface area contributed by atoms with E-state index in [9.17, 15) is 4.79 Å². The predicted molar refractivity (Wildman–Crippen MR) is 73.7 cm³/mol. The maximum absolute atomic E-state index is 10.2. The van der Waals surface area contributed by atoms with Crippen LogP contribution >= 0.6 is 0 Å². The third-order valence-electron chi connectivity index (χ3n) is 2.49. The third-order valence-corrected chi connectivity index (χ3v) is 2.49. The van der Waals surface area contributed by atoms with Crippen molar-refractivity contribution in [1.82, 2.24) is 0 Å². The van der Waals surface area contributed by atoms with Gasteiger partial charge in [-0.25, -0.2) is 0 Å². The van der Waals surface area contributed by atoms with Crippen molar-refractivity contribution >= 4 is 16.4 Å². The van der Waals surface area contributed by atoms with Crippen LogP contribution in [0.25, 0.3) is 0 Å². The Bertz CT molecular complexity index is 297. The predicted octanol–water partition coefficient (Wildman–Crippen LogP) is 3.34. The molecule has 3 N–H and O–H groups in total. The van der Waals surface area contributed by atoms with Gasteiger partial charge in [0.25, 0.3) is 0 Å². The number of hydrogen-bond acceptors (Lipinski definition) is 3. The van der Waals surface area contributed by atoms with Crippen LogP contribution in [0.4, 0.5) is 0 Å². The summed E-state index contributed by atoms with van der Waals surface area (Å²) in [5.74, 6) is -0.659. The molecule has 0 aliphatic heterocycles. The molecule has 0 aromatic carbocycles. The normalized spacial score (nSPS) is 10.2. The Morgan fingerprint density at radius 3 is 1.45 bits per heavy atom. The van der Waals surface area contributed by atoms with E-state index < -0.39 is 16.4 Å². The van der Waals surface area contributed by atoms with Crippen LogP contribution in [0.3, 0.4) is 0 Å². The Morgan fingerprint density at radius 2 is 1.15 bits per heavy atom. The van der Waals surface area contributed by atoms with Crippen LogP contribution in [0, 0.1) is 0 Å². The minimum atomic E-state index is -4.67. The SMILES string of the molecule is CCCCCCCCCCCC(=O)O.O=S(=O)(O)O.[Zr]. The standard InChI is InChI=1S/C12H24O2.H2O4S.Zr/c1-2-3-4-5-6-7-8-9-10-11-12(13)14;1-5(2,3)4;/h2-11H2,1H3,(H,13,14);(H2,1,2,3,4);. The van der Waals surface area contributed by atoms with Crippen molar-refractivity contribution in [2.24, 2.45) is 0 Å². The van der Waals surface area contributed by atoms with Gasteiger partial charge >= 0.3 is 16.4 Å². The topological polar surface area (TPSA) is 112 Å². The fraction of sp³-hybridized carbons (Fsp3) is 0.917. The summed E-state index contributed by atoms with van der Waals surface area (Å²) in [6.07, 6.45) is 11.5. The molecule has 0 radical (unpaired) electrons. The Labute approximate surface area is 141 Å². The molecule has 0 atom stereocenters. The van der Waals surface area contributed by atoms with Gasteiger partial charge in [0.2, 0.25) is 0 Å². The quantitative estimate of drug-likeness (QED) is 0.390. The van der Waals surface area contributed by atoms with Crippen molar-refractivity contribution in [3.63, 3.8) is 0 Å². The smallest absolute Gasteiger partial charge is 0.394 e. The molecule has 0 saturated heterocycles. The van der Waals surface area contributed by atoms with Crippen molar-refractivity contribution in [2.45, 2.75) is 71.1 Å². The van der Waals surface area contributed by atoms with E-state index in [4.69, 9.17) is 22.6 Å². The molecule has 20 heavy (non-hydrogen) atoms. The van der Waals surface area contributed by atoms with Crippen LogP contribution in [0.2, 0.25) is 0 Å². The number of rotatable bonds is 10. The summed E-state index contributed by atoms with van der Waals surface area (Å²) in [4.78, 5) is 10.2. The van der Waals surface area contributed by atoms with E-state index >= 15 is 0 Å². The van der Waals surface area contributed by atoms with Gasteiger partial charge in [0.15, 0.2) is 0 Å². The molecule has 8 heteroatoms. The Hall–Kier alpha value is 0.223. The first-order valence-electron chi connectivity index (χ1n) is 6.69. The first-order chi connectivity index (χ1) is 8.77. The summed E-state index contributed by atoms with van der Waals surface area (Å²) in [6.45, 7) is 2.23. The number of unbranched alkanes of at least 4 members (excludes halogenated alkanes) is 8. The molecule has 120 valence electrons. The molecule has 0 rings (SSSR count). The fourth-order valence-corrected chi connectivity index (χ4v) is 1.59. The summed E-state index contributed by atoms with van der Waals surface area (Å²) in [7, 11) is -4.67. The van der Waals surface area contributed by atoms with Crippen LogP contribution in [-0.2, 0) is 41.4 Å². The molecule has 6 nitrogen and oxygen atoms in total. The molecule has 0 bridgehead atoms. The zero-order valence-electron chi connectivity index (χ0n) is 12.0. The second-order valence-corrected chi connectivity index (χ2v) is 5.32. The van der Waals surface area contributed by atoms with E-state index in [1.807, 2.05) is 0 Å². The van der Waals surface area contributed by atoms with Gasteiger partial charge in [-0.15, -0.1) is 0 Å². The monoisotopic (exact) mass is 388 g/mol. The van der Waals surface area contributed by atoms with Crippen molar-refractivity contribution < 1.29 is 53.6 Å². The van der Waals surface area contributed by atoms with Gasteiger partial charge in [-0.2, -0.15) is 8.42 Å². The second-order valence-electron chi connectivity index (χ2n) is 4.42. The molecule has 0 aromatic heterocycles. The summed E-state index contributed by atoms with van der Waals surface area (Å²) in [5.41, 5.74) is 0. The maximum Gasteiger partial charge on any atom is 0.394 e. The van der Waals surface area contributed by atoms with E-state index in [0.29, 0.717) is 6.42 Å². The molecular weight excluding hydrogens is 363 g/mol. The van der Waals surface area contributed by atoms with Crippen LogP contribution in [0.1, 0.15) is 71.1 Å². The Kier molecular flexibility index (Phi) is 21.8. The van der Waals surface area contributed by atoms with E-state index in [1.54, 1.807) is 0 Å². The van der Waals surface area contributed by atoms with Gasteiger partial charge in [0.05, 0.1) is 0 Å². The Morgan fingerprint density at radius 1 is 0.850 bits per heavy atom. The van der Waals surface area contributed by atoms with Crippen molar-refractivity contribution in [3.05, 3.63) is 0 Å². The molecule has 0 spiro atoms. The number of carboxylic acid groups (broad SMARTS) is 1. The van der Waals surface area contributed by atoms with Crippen molar-refractivity contribution in [1.29, 1.82) is 0 Å². The van der Waals surface area contributed by atoms with E-state index in [2.05, 4.69) is 6.92 Å². The van der Waals surface area contributed by atoms with E-state index in [-0.39, 0.29) is 26.2 Å². The van der Waals surface area contributed by atoms with Gasteiger partial charge in [0.1, 0.15) is 0 Å². The molecule has 0 amide bonds. The largest absolute Gasteiger partial charge is 0.481 e. The van der Waals surface area contributed by atoms with Gasteiger partial charge in [-0.1, -0.05) is 58.3 Å². The van der Waals surface area contributed by atoms with Crippen LogP contribution < -0.4 is 0 Å². The summed E-state index contributed by atoms with van der Waals surface area (Å²) >= 11 is 0. The van der Waals surface area contributed by atoms with Crippen molar-refractivity contribution in [2.75, 3.05) is 0 Å². The molecular formula is C12H26O6SZr. The van der Waals surface area contributed by atoms with E-state index in [0.717, 1.165) is 12.8 Å². The van der Waals surface area contributed by atoms with Crippen LogP contribution in [-0.4, -0.2) is 28.6 Å². The molecule has 0 heterocycles. The van der Waals surface area contributed by atoms with Gasteiger partial charge in [-0.3, -0.25) is 13.9 Å². The summed E-state index contributed by atoms with van der Waals surface area (Å²) in [5, 5.41) is 8.41. The van der Waals surface area contributed by atoms with Gasteiger partial charge < -0.3 is 5.11 Å². The number of hydrogen-bond donors (Lipinski definition) is 3. The number of aliphatic carboxylic acids is 1. The third kappa shape index (κ3) is 42.9. The average molecular weight is 390 g/mol. The van der Waals surface area contributed by atoms with Crippen LogP contribution in [0.5, 0.6) is 0 Å². The average Bonchev–Trinajstić information content (AvgIpc) is 2.24. The second kappa shape index (κ2) is 17.3. The van der Waals surface area contributed by atoms with E-state index in [1.165, 1.54) is 44.9 Å². The molecule has 0 fully saturated rings. The zero-order chi connectivity index (χ0) is 15.1. The molecule has 0 aliphatic carbocycles. The molecule has 0 aliphatic rings. The maximum atomic E-state index is 10.2. The van der Waals surface area contributed by atoms with Crippen molar-refractivity contribution in [3.8, 4) is 0 Å². The fourth-order valence-electron chi connectivity index (χ4n) is 1.59. The minimum absolute atomic E-state index is 0. The number of carbonyl (C=O) groups is 1. The molecule has 0 aromatic rings. The number of carboxylic acids is 1. The zero-order valence-corrected chi connectivity index (χ0v) is 15.3. The van der Waals surface area contributed by atoms with Crippen LogP contribution in [0.15, 0.2) is 0 Å². The van der Waals surface area contributed by atoms with Gasteiger partial charge in [-0.05, 0) is 6.42 Å². The molecule has 0 saturated carbocycles. The van der Waals surface area contributed by atoms with Gasteiger partial charge in [0, 0.05) is 32.6 Å². The summed E-state index contributed by atoms with van der Waals surface area (Å²) in [6, 6.07) is 0. The summed E-state index contributed by atoms with van der Waals surface area (Å²) < 4.78 is 31.6. The first-order valence-corrected chi connectivity index (χ1v) is 8.08. The Balaban J connectivity index is -0.000000414. The molecule has 0 unspecified atom stereocenters. The minimum Gasteiger partial charge on any atom is -0.481 e. The first kappa shape index (κ1) is 25.2.